The van der Waals surface area contributed by atoms with Crippen molar-refractivity contribution < 1.29 is 19.8 Å². The summed E-state index contributed by atoms with van der Waals surface area (Å²) in [6.45, 7) is 0. The molecule has 1 amide bonds. The number of rotatable bonds is 3. The average Bonchev–Trinajstić information content (AvgIpc) is 2.41. The van der Waals surface area contributed by atoms with E-state index in [1.54, 1.807) is 24.3 Å². The van der Waals surface area contributed by atoms with Crippen LogP contribution in [-0.2, 0) is 0 Å². The summed E-state index contributed by atoms with van der Waals surface area (Å²) >= 11 is 3.26. The molecular weight excluding hydrogens is 326 g/mol. The average molecular weight is 336 g/mol. The number of anilines is 1. The number of carbonyl (C=O) groups excluding carboxylic acids is 1. The Bertz CT molecular complexity index is 685. The number of carbonyl (C=O) groups is 2. The summed E-state index contributed by atoms with van der Waals surface area (Å²) < 4.78 is 0.624. The standard InChI is InChI=1S/C14H10BrNO4/c15-10-4-2-1-3-9(10)13(18)16-11-6-5-8(14(19)20)7-12(11)17/h1-7,17H,(H,16,18)(H,19,20). The van der Waals surface area contributed by atoms with Crippen LogP contribution in [0.4, 0.5) is 5.69 Å². The van der Waals surface area contributed by atoms with Gasteiger partial charge in [0.2, 0.25) is 0 Å². The van der Waals surface area contributed by atoms with Gasteiger partial charge in [-0.25, -0.2) is 4.79 Å². The number of phenolic OH excluding ortho intramolecular Hbond substituents is 1. The Morgan fingerprint density at radius 3 is 2.40 bits per heavy atom. The highest BCUT2D eigenvalue weighted by Crippen LogP contribution is 2.26. The third kappa shape index (κ3) is 2.97. The second-order valence-corrected chi connectivity index (χ2v) is 4.83. The maximum absolute atomic E-state index is 12.0. The van der Waals surface area contributed by atoms with Crippen LogP contribution in [0, 0.1) is 0 Å². The van der Waals surface area contributed by atoms with Gasteiger partial charge in [-0.1, -0.05) is 12.1 Å². The number of hydrogen-bond acceptors (Lipinski definition) is 3. The second kappa shape index (κ2) is 5.75. The molecule has 0 radical (unpaired) electrons. The van der Waals surface area contributed by atoms with Gasteiger partial charge in [0.15, 0.2) is 0 Å². The van der Waals surface area contributed by atoms with E-state index in [1.165, 1.54) is 12.1 Å². The van der Waals surface area contributed by atoms with Gasteiger partial charge in [0.1, 0.15) is 5.75 Å². The minimum atomic E-state index is -1.15. The number of benzene rings is 2. The minimum Gasteiger partial charge on any atom is -0.506 e. The number of nitrogens with one attached hydrogen (secondary N) is 1. The second-order valence-electron chi connectivity index (χ2n) is 3.97. The SMILES string of the molecule is O=C(O)c1ccc(NC(=O)c2ccccc2Br)c(O)c1. The van der Waals surface area contributed by atoms with Crippen molar-refractivity contribution in [2.24, 2.45) is 0 Å². The number of carboxylic acid groups (broad SMARTS) is 1. The van der Waals surface area contributed by atoms with Crippen LogP contribution in [-0.4, -0.2) is 22.1 Å². The van der Waals surface area contributed by atoms with Crippen molar-refractivity contribution in [2.75, 3.05) is 5.32 Å². The number of carboxylic acids is 1. The zero-order valence-electron chi connectivity index (χ0n) is 10.1. The van der Waals surface area contributed by atoms with Gasteiger partial charge < -0.3 is 15.5 Å². The van der Waals surface area contributed by atoms with Gasteiger partial charge in [0, 0.05) is 4.47 Å². The molecule has 20 heavy (non-hydrogen) atoms. The van der Waals surface area contributed by atoms with Crippen LogP contribution in [0.5, 0.6) is 5.75 Å². The molecular formula is C14H10BrNO4. The van der Waals surface area contributed by atoms with E-state index in [9.17, 15) is 14.7 Å². The van der Waals surface area contributed by atoms with Gasteiger partial charge in [-0.2, -0.15) is 0 Å². The Kier molecular flexibility index (Phi) is 4.05. The zero-order valence-corrected chi connectivity index (χ0v) is 11.7. The molecule has 0 atom stereocenters. The lowest BCUT2D eigenvalue weighted by atomic mass is 10.1. The first-order chi connectivity index (χ1) is 9.49. The molecule has 5 nitrogen and oxygen atoms in total. The van der Waals surface area contributed by atoms with Crippen LogP contribution < -0.4 is 5.32 Å². The fraction of sp³-hybridized carbons (Fsp3) is 0. The maximum Gasteiger partial charge on any atom is 0.335 e. The lowest BCUT2D eigenvalue weighted by molar-refractivity contribution is 0.0696. The van der Waals surface area contributed by atoms with E-state index in [0.29, 0.717) is 10.0 Å². The van der Waals surface area contributed by atoms with Crippen molar-refractivity contribution in [2.45, 2.75) is 0 Å². The molecule has 102 valence electrons. The number of halogens is 1. The first-order valence-corrected chi connectivity index (χ1v) is 6.40. The summed E-state index contributed by atoms with van der Waals surface area (Å²) in [5.41, 5.74) is 0.506. The van der Waals surface area contributed by atoms with Gasteiger partial charge >= 0.3 is 5.97 Å². The molecule has 0 heterocycles. The van der Waals surface area contributed by atoms with E-state index in [1.807, 2.05) is 0 Å². The monoisotopic (exact) mass is 335 g/mol. The third-order valence-corrected chi connectivity index (χ3v) is 3.30. The van der Waals surface area contributed by atoms with Gasteiger partial charge in [-0.05, 0) is 46.3 Å². The quantitative estimate of drug-likeness (QED) is 0.752. The molecule has 6 heteroatoms. The van der Waals surface area contributed by atoms with Crippen LogP contribution in [0.2, 0.25) is 0 Å². The summed E-state index contributed by atoms with van der Waals surface area (Å²) in [5, 5.41) is 21.0. The molecule has 0 fully saturated rings. The van der Waals surface area contributed by atoms with Crippen molar-refractivity contribution in [3.8, 4) is 5.75 Å². The number of phenols is 1. The smallest absolute Gasteiger partial charge is 0.335 e. The molecule has 2 aromatic rings. The lowest BCUT2D eigenvalue weighted by Crippen LogP contribution is -2.12. The van der Waals surface area contributed by atoms with E-state index in [2.05, 4.69) is 21.2 Å². The van der Waals surface area contributed by atoms with Crippen molar-refractivity contribution in [3.05, 3.63) is 58.1 Å². The number of aromatic hydroxyl groups is 1. The molecule has 2 aromatic carbocycles. The lowest BCUT2D eigenvalue weighted by Gasteiger charge is -2.09. The van der Waals surface area contributed by atoms with Crippen molar-refractivity contribution in [1.82, 2.24) is 0 Å². The summed E-state index contributed by atoms with van der Waals surface area (Å²) in [7, 11) is 0. The topological polar surface area (TPSA) is 86.6 Å². The molecule has 2 rings (SSSR count). The third-order valence-electron chi connectivity index (χ3n) is 2.61. The molecule has 0 aromatic heterocycles. The van der Waals surface area contributed by atoms with Crippen LogP contribution in [0.25, 0.3) is 0 Å². The Balaban J connectivity index is 2.25. The highest BCUT2D eigenvalue weighted by Gasteiger charge is 2.13. The number of amides is 1. The molecule has 0 aliphatic carbocycles. The van der Waals surface area contributed by atoms with Gasteiger partial charge in [-0.15, -0.1) is 0 Å². The first kappa shape index (κ1) is 14.1. The number of hydrogen-bond donors (Lipinski definition) is 3. The minimum absolute atomic E-state index is 0.0543. The fourth-order valence-corrected chi connectivity index (χ4v) is 2.07. The van der Waals surface area contributed by atoms with Crippen molar-refractivity contribution in [1.29, 1.82) is 0 Å². The maximum atomic E-state index is 12.0. The molecule has 0 saturated heterocycles. The summed E-state index contributed by atoms with van der Waals surface area (Å²) in [5.74, 6) is -1.86. The molecule has 0 saturated carbocycles. The summed E-state index contributed by atoms with van der Waals surface area (Å²) in [6, 6.07) is 10.6. The molecule has 0 aliphatic rings. The van der Waals surface area contributed by atoms with Crippen LogP contribution in [0.1, 0.15) is 20.7 Å². The largest absolute Gasteiger partial charge is 0.506 e. The predicted octanol–water partition coefficient (Wildman–Crippen LogP) is 3.11. The van der Waals surface area contributed by atoms with Gasteiger partial charge in [0.05, 0.1) is 16.8 Å². The van der Waals surface area contributed by atoms with E-state index in [-0.39, 0.29) is 17.0 Å². The van der Waals surface area contributed by atoms with Crippen LogP contribution in [0.3, 0.4) is 0 Å². The summed E-state index contributed by atoms with van der Waals surface area (Å²) in [6.07, 6.45) is 0. The van der Waals surface area contributed by atoms with Crippen molar-refractivity contribution >= 4 is 33.5 Å². The van der Waals surface area contributed by atoms with E-state index >= 15 is 0 Å². The molecule has 0 bridgehead atoms. The van der Waals surface area contributed by atoms with Crippen LogP contribution >= 0.6 is 15.9 Å². The van der Waals surface area contributed by atoms with Crippen LogP contribution in [0.15, 0.2) is 46.9 Å². The molecule has 0 unspecified atom stereocenters. The normalized spacial score (nSPS) is 10.1. The first-order valence-electron chi connectivity index (χ1n) is 5.61. The Hall–Kier alpha value is -2.34. The van der Waals surface area contributed by atoms with E-state index in [4.69, 9.17) is 5.11 Å². The highest BCUT2D eigenvalue weighted by atomic mass is 79.9. The molecule has 0 spiro atoms. The van der Waals surface area contributed by atoms with Crippen molar-refractivity contribution in [3.63, 3.8) is 0 Å². The fourth-order valence-electron chi connectivity index (χ4n) is 1.61. The Labute approximate surface area is 123 Å². The van der Waals surface area contributed by atoms with Gasteiger partial charge in [-0.3, -0.25) is 4.79 Å². The predicted molar refractivity (Wildman–Crippen MR) is 77.2 cm³/mol. The number of aromatic carboxylic acids is 1. The Morgan fingerprint density at radius 2 is 1.80 bits per heavy atom. The molecule has 0 aliphatic heterocycles. The van der Waals surface area contributed by atoms with E-state index < -0.39 is 11.9 Å². The molecule has 3 N–H and O–H groups in total. The Morgan fingerprint density at radius 1 is 1.10 bits per heavy atom. The highest BCUT2D eigenvalue weighted by molar-refractivity contribution is 9.10. The van der Waals surface area contributed by atoms with E-state index in [0.717, 1.165) is 6.07 Å². The summed E-state index contributed by atoms with van der Waals surface area (Å²) in [4.78, 5) is 22.8. The van der Waals surface area contributed by atoms with Gasteiger partial charge in [0.25, 0.3) is 5.91 Å². The zero-order chi connectivity index (χ0) is 14.7.